The summed E-state index contributed by atoms with van der Waals surface area (Å²) in [4.78, 5) is 22.3. The Balaban J connectivity index is 2.35. The van der Waals surface area contributed by atoms with Crippen LogP contribution in [0, 0.1) is 5.92 Å². The Morgan fingerprint density at radius 3 is 3.00 bits per heavy atom. The van der Waals surface area contributed by atoms with Crippen LogP contribution >= 0.6 is 0 Å². The fourth-order valence-electron chi connectivity index (χ4n) is 2.24. The maximum Gasteiger partial charge on any atom is 0.250 e. The van der Waals surface area contributed by atoms with Gasteiger partial charge in [-0.1, -0.05) is 0 Å². The van der Waals surface area contributed by atoms with E-state index in [9.17, 15) is 9.59 Å². The number of primary amides is 1. The van der Waals surface area contributed by atoms with Crippen LogP contribution in [0.3, 0.4) is 0 Å². The minimum atomic E-state index is -0.933. The molecule has 2 atom stereocenters. The maximum atomic E-state index is 11.2. The van der Waals surface area contributed by atoms with Gasteiger partial charge in [0.15, 0.2) is 11.4 Å². The number of ether oxygens (including phenoxy) is 1. The van der Waals surface area contributed by atoms with Crippen molar-refractivity contribution in [2.75, 3.05) is 6.61 Å². The highest BCUT2D eigenvalue weighted by Crippen LogP contribution is 2.43. The molecule has 1 aliphatic heterocycles. The number of carbonyl (C=O) groups is 2. The van der Waals surface area contributed by atoms with Crippen molar-refractivity contribution in [3.8, 4) is 0 Å². The molecule has 0 aromatic heterocycles. The van der Waals surface area contributed by atoms with E-state index in [2.05, 4.69) is 0 Å². The van der Waals surface area contributed by atoms with Gasteiger partial charge in [0.2, 0.25) is 5.91 Å². The Morgan fingerprint density at radius 2 is 2.42 bits per heavy atom. The Labute approximate surface area is 70.1 Å². The third-order valence-corrected chi connectivity index (χ3v) is 2.88. The molecule has 0 bridgehead atoms. The zero-order valence-electron chi connectivity index (χ0n) is 6.71. The summed E-state index contributed by atoms with van der Waals surface area (Å²) in [5.74, 6) is -0.697. The summed E-state index contributed by atoms with van der Waals surface area (Å²) in [6, 6.07) is 0. The zero-order valence-corrected chi connectivity index (χ0v) is 6.71. The summed E-state index contributed by atoms with van der Waals surface area (Å²) < 4.78 is 5.21. The molecule has 2 aliphatic rings. The number of ketones is 1. The predicted octanol–water partition coefficient (Wildman–Crippen LogP) is -0.390. The van der Waals surface area contributed by atoms with E-state index >= 15 is 0 Å². The van der Waals surface area contributed by atoms with Crippen molar-refractivity contribution in [3.63, 3.8) is 0 Å². The minimum Gasteiger partial charge on any atom is -0.367 e. The summed E-state index contributed by atoms with van der Waals surface area (Å²) in [6.45, 7) is 0.0631. The first kappa shape index (κ1) is 7.73. The quantitative estimate of drug-likeness (QED) is 0.581. The molecule has 1 amide bonds. The van der Waals surface area contributed by atoms with Crippen LogP contribution in [-0.2, 0) is 14.3 Å². The van der Waals surface area contributed by atoms with Crippen molar-refractivity contribution in [1.29, 1.82) is 0 Å². The summed E-state index contributed by atoms with van der Waals surface area (Å²) in [5.41, 5.74) is 4.29. The van der Waals surface area contributed by atoms with E-state index in [1.807, 2.05) is 0 Å². The second-order valence-corrected chi connectivity index (χ2v) is 3.45. The fraction of sp³-hybridized carbons (Fsp3) is 0.750. The third kappa shape index (κ3) is 0.756. The number of amides is 1. The third-order valence-electron chi connectivity index (χ3n) is 2.88. The predicted molar refractivity (Wildman–Crippen MR) is 40.2 cm³/mol. The molecule has 1 aliphatic carbocycles. The van der Waals surface area contributed by atoms with Gasteiger partial charge in [-0.2, -0.15) is 0 Å². The van der Waals surface area contributed by atoms with Gasteiger partial charge in [0, 0.05) is 0 Å². The monoisotopic (exact) mass is 169 g/mol. The molecule has 1 heterocycles. The highest BCUT2D eigenvalue weighted by atomic mass is 16.5. The lowest BCUT2D eigenvalue weighted by atomic mass is 9.90. The molecule has 2 unspecified atom stereocenters. The van der Waals surface area contributed by atoms with Gasteiger partial charge < -0.3 is 10.5 Å². The average Bonchev–Trinajstić information content (AvgIpc) is 2.53. The molecule has 12 heavy (non-hydrogen) atoms. The molecule has 2 rings (SSSR count). The van der Waals surface area contributed by atoms with Gasteiger partial charge >= 0.3 is 0 Å². The highest BCUT2D eigenvalue weighted by molar-refractivity contribution is 5.96. The normalized spacial score (nSPS) is 40.0. The summed E-state index contributed by atoms with van der Waals surface area (Å²) in [7, 11) is 0. The van der Waals surface area contributed by atoms with Crippen molar-refractivity contribution in [2.24, 2.45) is 11.7 Å². The zero-order chi connectivity index (χ0) is 8.77. The summed E-state index contributed by atoms with van der Waals surface area (Å²) in [6.07, 6.45) is 2.22. The van der Waals surface area contributed by atoms with Crippen molar-refractivity contribution >= 4 is 11.7 Å². The molecular formula is C8H11NO3. The largest absolute Gasteiger partial charge is 0.367 e. The number of nitrogens with two attached hydrogens (primary N) is 1. The number of hydrogen-bond donors (Lipinski definition) is 1. The SMILES string of the molecule is NC(=O)C12CCCC1C(=O)CO2. The molecule has 2 N–H and O–H groups in total. The van der Waals surface area contributed by atoms with Gasteiger partial charge in [-0.25, -0.2) is 0 Å². The van der Waals surface area contributed by atoms with Crippen molar-refractivity contribution in [1.82, 2.24) is 0 Å². The van der Waals surface area contributed by atoms with Crippen LogP contribution in [0.1, 0.15) is 19.3 Å². The minimum absolute atomic E-state index is 0.0336. The molecule has 1 saturated carbocycles. The van der Waals surface area contributed by atoms with Gasteiger partial charge in [-0.15, -0.1) is 0 Å². The van der Waals surface area contributed by atoms with Crippen LogP contribution in [-0.4, -0.2) is 23.9 Å². The van der Waals surface area contributed by atoms with Crippen LogP contribution in [0.5, 0.6) is 0 Å². The molecule has 0 aromatic rings. The van der Waals surface area contributed by atoms with E-state index in [-0.39, 0.29) is 18.3 Å². The van der Waals surface area contributed by atoms with E-state index in [0.29, 0.717) is 6.42 Å². The summed E-state index contributed by atoms with van der Waals surface area (Å²) >= 11 is 0. The lowest BCUT2D eigenvalue weighted by Crippen LogP contribution is -2.46. The van der Waals surface area contributed by atoms with E-state index in [4.69, 9.17) is 10.5 Å². The second kappa shape index (κ2) is 2.29. The van der Waals surface area contributed by atoms with Crippen molar-refractivity contribution < 1.29 is 14.3 Å². The van der Waals surface area contributed by atoms with Gasteiger partial charge in [0.25, 0.3) is 0 Å². The van der Waals surface area contributed by atoms with Crippen LogP contribution in [0.25, 0.3) is 0 Å². The van der Waals surface area contributed by atoms with Gasteiger partial charge in [-0.05, 0) is 19.3 Å². The number of hydrogen-bond acceptors (Lipinski definition) is 3. The number of rotatable bonds is 1. The van der Waals surface area contributed by atoms with E-state index < -0.39 is 11.5 Å². The average molecular weight is 169 g/mol. The van der Waals surface area contributed by atoms with Crippen LogP contribution in [0.2, 0.25) is 0 Å². The Bertz CT molecular complexity index is 251. The molecule has 4 nitrogen and oxygen atoms in total. The number of fused-ring (bicyclic) bond motifs is 1. The first-order chi connectivity index (χ1) is 5.67. The molecule has 66 valence electrons. The molecule has 0 aromatic carbocycles. The maximum absolute atomic E-state index is 11.2. The number of carbonyl (C=O) groups excluding carboxylic acids is 2. The molecule has 1 saturated heterocycles. The molecule has 0 spiro atoms. The topological polar surface area (TPSA) is 69.4 Å². The van der Waals surface area contributed by atoms with E-state index in [0.717, 1.165) is 12.8 Å². The lowest BCUT2D eigenvalue weighted by Gasteiger charge is -2.22. The second-order valence-electron chi connectivity index (χ2n) is 3.45. The van der Waals surface area contributed by atoms with Crippen LogP contribution in [0.15, 0.2) is 0 Å². The van der Waals surface area contributed by atoms with Crippen molar-refractivity contribution in [3.05, 3.63) is 0 Å². The first-order valence-electron chi connectivity index (χ1n) is 4.13. The van der Waals surface area contributed by atoms with Crippen LogP contribution in [0.4, 0.5) is 0 Å². The van der Waals surface area contributed by atoms with E-state index in [1.165, 1.54) is 0 Å². The molecular weight excluding hydrogens is 158 g/mol. The lowest BCUT2D eigenvalue weighted by molar-refractivity contribution is -0.139. The Kier molecular flexibility index (Phi) is 1.48. The first-order valence-corrected chi connectivity index (χ1v) is 4.13. The van der Waals surface area contributed by atoms with Gasteiger partial charge in [0.1, 0.15) is 6.61 Å². The Morgan fingerprint density at radius 1 is 1.67 bits per heavy atom. The number of Topliss-reactive ketones (excluding diaryl/α,β-unsaturated/α-hetero) is 1. The van der Waals surface area contributed by atoms with Crippen LogP contribution < -0.4 is 5.73 Å². The molecule has 4 heteroatoms. The summed E-state index contributed by atoms with van der Waals surface area (Å²) in [5, 5.41) is 0. The Hall–Kier alpha value is -0.900. The van der Waals surface area contributed by atoms with E-state index in [1.54, 1.807) is 0 Å². The standard InChI is InChI=1S/C8H11NO3/c9-7(11)8-3-1-2-5(8)6(10)4-12-8/h5H,1-4H2,(H2,9,11). The van der Waals surface area contributed by atoms with Gasteiger partial charge in [0.05, 0.1) is 5.92 Å². The van der Waals surface area contributed by atoms with Crippen molar-refractivity contribution in [2.45, 2.75) is 24.9 Å². The highest BCUT2D eigenvalue weighted by Gasteiger charge is 2.56. The smallest absolute Gasteiger partial charge is 0.250 e. The van der Waals surface area contributed by atoms with Gasteiger partial charge in [-0.3, -0.25) is 9.59 Å². The fourth-order valence-corrected chi connectivity index (χ4v) is 2.24. The molecule has 2 fully saturated rings. The molecule has 0 radical (unpaired) electrons.